The molecule has 0 aromatic heterocycles. The van der Waals surface area contributed by atoms with Crippen molar-refractivity contribution in [2.24, 2.45) is 0 Å². The third kappa shape index (κ3) is 1.68. The van der Waals surface area contributed by atoms with Crippen LogP contribution in [0.25, 0.3) is 0 Å². The van der Waals surface area contributed by atoms with Gasteiger partial charge in [0.2, 0.25) is 0 Å². The summed E-state index contributed by atoms with van der Waals surface area (Å²) in [5.74, 6) is 0. The Morgan fingerprint density at radius 1 is 1.78 bits per heavy atom. The summed E-state index contributed by atoms with van der Waals surface area (Å²) in [5.41, 5.74) is 0. The Labute approximate surface area is 55.6 Å². The molecule has 1 aliphatic rings. The molecule has 1 heterocycles. The van der Waals surface area contributed by atoms with Gasteiger partial charge in [0, 0.05) is 25.7 Å². The van der Waals surface area contributed by atoms with Gasteiger partial charge < -0.3 is 10.2 Å². The van der Waals surface area contributed by atoms with E-state index in [0.717, 1.165) is 19.6 Å². The smallest absolute Gasteiger partial charge is 0.0818 e. The number of hydrogen-bond donors (Lipinski definition) is 2. The average Bonchev–Trinajstić information content (AvgIpc) is 1.88. The maximum absolute atomic E-state index is 6.96. The quantitative estimate of drug-likeness (QED) is 0.381. The van der Waals surface area contributed by atoms with Gasteiger partial charge in [0.25, 0.3) is 0 Å². The summed E-state index contributed by atoms with van der Waals surface area (Å²) in [6.07, 6.45) is 1.41. The van der Waals surface area contributed by atoms with Crippen LogP contribution in [0.3, 0.4) is 0 Å². The topological polar surface area (TPSA) is 39.1 Å². The fourth-order valence-corrected chi connectivity index (χ4v) is 1.08. The maximum Gasteiger partial charge on any atom is 0.0818 e. The fraction of sp³-hybridized carbons (Fsp3) is 0.833. The zero-order chi connectivity index (χ0) is 6.69. The molecule has 0 saturated carbocycles. The molecule has 9 heavy (non-hydrogen) atoms. The van der Waals surface area contributed by atoms with Crippen molar-refractivity contribution in [3.63, 3.8) is 0 Å². The van der Waals surface area contributed by atoms with E-state index in [1.807, 2.05) is 4.90 Å². The number of hydrogen-bond acceptors (Lipinski definition) is 2. The summed E-state index contributed by atoms with van der Waals surface area (Å²) in [7, 11) is 0. The summed E-state index contributed by atoms with van der Waals surface area (Å²) in [5, 5.41) is 10.3. The highest BCUT2D eigenvalue weighted by molar-refractivity contribution is 5.50. The second-order valence-corrected chi connectivity index (χ2v) is 2.48. The number of rotatable bonds is 1. The predicted octanol–water partition coefficient (Wildman–Crippen LogP) is -0.113. The van der Waals surface area contributed by atoms with Gasteiger partial charge in [0.15, 0.2) is 0 Å². The monoisotopic (exact) mass is 127 g/mol. The first-order valence-corrected chi connectivity index (χ1v) is 3.31. The first kappa shape index (κ1) is 6.55. The molecule has 0 radical (unpaired) electrons. The van der Waals surface area contributed by atoms with Gasteiger partial charge in [-0.2, -0.15) is 0 Å². The molecule has 1 fully saturated rings. The predicted molar refractivity (Wildman–Crippen MR) is 37.8 cm³/mol. The van der Waals surface area contributed by atoms with Crippen LogP contribution < -0.4 is 5.32 Å². The number of nitrogens with zero attached hydrogens (tertiary/aromatic N) is 1. The Hall–Kier alpha value is -0.570. The van der Waals surface area contributed by atoms with Crippen LogP contribution in [0.15, 0.2) is 0 Å². The molecule has 52 valence electrons. The van der Waals surface area contributed by atoms with Crippen LogP contribution in [0.1, 0.15) is 6.92 Å². The molecule has 1 aliphatic heterocycles. The van der Waals surface area contributed by atoms with Crippen LogP contribution >= 0.6 is 0 Å². The van der Waals surface area contributed by atoms with Crippen molar-refractivity contribution in [3.05, 3.63) is 0 Å². The molecular weight excluding hydrogens is 114 g/mol. The zero-order valence-electron chi connectivity index (χ0n) is 5.72. The minimum absolute atomic E-state index is 0.542. The Kier molecular flexibility index (Phi) is 2.05. The Morgan fingerprint density at radius 2 is 2.56 bits per heavy atom. The van der Waals surface area contributed by atoms with Gasteiger partial charge in [-0.15, -0.1) is 0 Å². The van der Waals surface area contributed by atoms with Gasteiger partial charge in [-0.25, -0.2) is 0 Å². The van der Waals surface area contributed by atoms with Gasteiger partial charge in [-0.1, -0.05) is 0 Å². The first-order valence-electron chi connectivity index (χ1n) is 3.31. The van der Waals surface area contributed by atoms with Crippen LogP contribution in [0.2, 0.25) is 0 Å². The molecule has 1 rings (SSSR count). The molecule has 0 amide bonds. The Bertz CT molecular complexity index is 102. The highest BCUT2D eigenvalue weighted by atomic mass is 15.2. The third-order valence-electron chi connectivity index (χ3n) is 1.58. The molecule has 0 aromatic carbocycles. The van der Waals surface area contributed by atoms with Crippen molar-refractivity contribution in [2.45, 2.75) is 13.0 Å². The SMILES string of the molecule is CC1CN(C=N)CCN1. The van der Waals surface area contributed by atoms with Crippen LogP contribution in [0.4, 0.5) is 0 Å². The van der Waals surface area contributed by atoms with Gasteiger partial charge in [-0.05, 0) is 6.92 Å². The lowest BCUT2D eigenvalue weighted by atomic mass is 10.2. The maximum atomic E-state index is 6.96. The standard InChI is InChI=1S/C6H13N3/c1-6-4-9(5-7)3-2-8-6/h5-8H,2-4H2,1H3. The summed E-state index contributed by atoms with van der Waals surface area (Å²) in [4.78, 5) is 2.02. The Morgan fingerprint density at radius 3 is 3.00 bits per heavy atom. The van der Waals surface area contributed by atoms with E-state index in [2.05, 4.69) is 12.2 Å². The van der Waals surface area contributed by atoms with Crippen molar-refractivity contribution in [1.29, 1.82) is 5.41 Å². The van der Waals surface area contributed by atoms with E-state index in [1.54, 1.807) is 0 Å². The average molecular weight is 127 g/mol. The Balaban J connectivity index is 2.31. The second kappa shape index (κ2) is 2.82. The lowest BCUT2D eigenvalue weighted by Crippen LogP contribution is -2.48. The number of nitrogens with one attached hydrogen (secondary N) is 2. The van der Waals surface area contributed by atoms with E-state index in [0.29, 0.717) is 6.04 Å². The minimum atomic E-state index is 0.542. The fourth-order valence-electron chi connectivity index (χ4n) is 1.08. The van der Waals surface area contributed by atoms with E-state index in [-0.39, 0.29) is 0 Å². The van der Waals surface area contributed by atoms with Crippen molar-refractivity contribution in [2.75, 3.05) is 19.6 Å². The second-order valence-electron chi connectivity index (χ2n) is 2.48. The van der Waals surface area contributed by atoms with Gasteiger partial charge >= 0.3 is 0 Å². The molecule has 0 spiro atoms. The lowest BCUT2D eigenvalue weighted by molar-refractivity contribution is 0.309. The third-order valence-corrected chi connectivity index (χ3v) is 1.58. The largest absolute Gasteiger partial charge is 0.360 e. The highest BCUT2D eigenvalue weighted by Gasteiger charge is 2.11. The molecular formula is C6H13N3. The minimum Gasteiger partial charge on any atom is -0.360 e. The molecule has 1 unspecified atom stereocenters. The summed E-state index contributed by atoms with van der Waals surface area (Å²) in [6, 6.07) is 0.542. The van der Waals surface area contributed by atoms with E-state index in [4.69, 9.17) is 5.41 Å². The molecule has 0 aromatic rings. The molecule has 0 bridgehead atoms. The molecule has 1 atom stereocenters. The van der Waals surface area contributed by atoms with E-state index >= 15 is 0 Å². The van der Waals surface area contributed by atoms with Gasteiger partial charge in [0.1, 0.15) is 0 Å². The van der Waals surface area contributed by atoms with Crippen LogP contribution in [-0.2, 0) is 0 Å². The van der Waals surface area contributed by atoms with E-state index < -0.39 is 0 Å². The molecule has 3 nitrogen and oxygen atoms in total. The summed E-state index contributed by atoms with van der Waals surface area (Å²) in [6.45, 7) is 5.10. The van der Waals surface area contributed by atoms with E-state index in [1.165, 1.54) is 6.34 Å². The first-order chi connectivity index (χ1) is 4.33. The van der Waals surface area contributed by atoms with Crippen molar-refractivity contribution >= 4 is 6.34 Å². The van der Waals surface area contributed by atoms with Crippen molar-refractivity contribution in [1.82, 2.24) is 10.2 Å². The highest BCUT2D eigenvalue weighted by Crippen LogP contribution is 1.93. The normalized spacial score (nSPS) is 28.1. The van der Waals surface area contributed by atoms with Crippen molar-refractivity contribution in [3.8, 4) is 0 Å². The van der Waals surface area contributed by atoms with Crippen LogP contribution in [0, 0.1) is 5.41 Å². The van der Waals surface area contributed by atoms with Gasteiger partial charge in [-0.3, -0.25) is 5.41 Å². The molecule has 2 N–H and O–H groups in total. The van der Waals surface area contributed by atoms with E-state index in [9.17, 15) is 0 Å². The zero-order valence-corrected chi connectivity index (χ0v) is 5.72. The molecule has 0 aliphatic carbocycles. The lowest BCUT2D eigenvalue weighted by Gasteiger charge is -2.29. The number of piperazine rings is 1. The summed E-state index contributed by atoms with van der Waals surface area (Å²) >= 11 is 0. The van der Waals surface area contributed by atoms with Crippen molar-refractivity contribution < 1.29 is 0 Å². The molecule has 1 saturated heterocycles. The van der Waals surface area contributed by atoms with Gasteiger partial charge in [0.05, 0.1) is 6.34 Å². The summed E-state index contributed by atoms with van der Waals surface area (Å²) < 4.78 is 0. The molecule has 3 heteroatoms. The van der Waals surface area contributed by atoms with Crippen LogP contribution in [-0.4, -0.2) is 36.9 Å². The van der Waals surface area contributed by atoms with Crippen LogP contribution in [0.5, 0.6) is 0 Å².